The van der Waals surface area contributed by atoms with Gasteiger partial charge < -0.3 is 5.73 Å². The highest BCUT2D eigenvalue weighted by atomic mass is 19.1. The third kappa shape index (κ3) is 4.22. The number of nitrogens with one attached hydrogen (secondary N) is 1. The largest absolute Gasteiger partial charge is 0.351 e. The number of hydrogen-bond donors (Lipinski definition) is 2. The summed E-state index contributed by atoms with van der Waals surface area (Å²) in [5.41, 5.74) is 9.28. The van der Waals surface area contributed by atoms with Crippen LogP contribution in [-0.2, 0) is 6.42 Å². The predicted octanol–water partition coefficient (Wildman–Crippen LogP) is 3.22. The minimum Gasteiger partial charge on any atom is -0.351 e. The van der Waals surface area contributed by atoms with Crippen LogP contribution in [0.2, 0.25) is 0 Å². The maximum absolute atomic E-state index is 13.0. The highest BCUT2D eigenvalue weighted by molar-refractivity contribution is 5.71. The van der Waals surface area contributed by atoms with Gasteiger partial charge in [-0.15, -0.1) is 0 Å². The SMILES string of the molecule is NC(=O)NN1CCC[C@H]1C1CCC(Cc2ccc(F)cc2)CC1. The standard InChI is InChI=1S/C18H26FN3O/c19-16-9-5-14(6-10-16)12-13-3-7-15(8-4-13)17-2-1-11-22(17)21-18(20)23/h5-6,9-10,13,15,17H,1-4,7-8,11-12H2,(H3,20,21,23)/t13?,15?,17-/m0/s1. The Bertz CT molecular complexity index is 526. The summed E-state index contributed by atoms with van der Waals surface area (Å²) in [5.74, 6) is 1.17. The van der Waals surface area contributed by atoms with Gasteiger partial charge in [0.2, 0.25) is 0 Å². The summed E-state index contributed by atoms with van der Waals surface area (Å²) in [6, 6.07) is 6.88. The number of nitrogens with two attached hydrogens (primary N) is 1. The molecule has 2 amide bonds. The van der Waals surface area contributed by atoms with Crippen molar-refractivity contribution in [1.82, 2.24) is 10.4 Å². The minimum absolute atomic E-state index is 0.166. The van der Waals surface area contributed by atoms with Gasteiger partial charge in [0.25, 0.3) is 0 Å². The van der Waals surface area contributed by atoms with Crippen LogP contribution in [0, 0.1) is 17.7 Å². The van der Waals surface area contributed by atoms with Crippen molar-refractivity contribution in [2.75, 3.05) is 6.54 Å². The molecule has 0 spiro atoms. The molecule has 1 aromatic carbocycles. The van der Waals surface area contributed by atoms with Gasteiger partial charge in [-0.3, -0.25) is 5.43 Å². The van der Waals surface area contributed by atoms with E-state index < -0.39 is 6.03 Å². The number of halogens is 1. The van der Waals surface area contributed by atoms with E-state index in [2.05, 4.69) is 5.43 Å². The second-order valence-electron chi connectivity index (χ2n) is 6.99. The van der Waals surface area contributed by atoms with Crippen LogP contribution in [-0.4, -0.2) is 23.6 Å². The van der Waals surface area contributed by atoms with E-state index >= 15 is 0 Å². The van der Waals surface area contributed by atoms with Gasteiger partial charge in [0.1, 0.15) is 5.82 Å². The van der Waals surface area contributed by atoms with E-state index in [1.165, 1.54) is 31.2 Å². The molecule has 3 N–H and O–H groups in total. The monoisotopic (exact) mass is 319 g/mol. The number of carbonyl (C=O) groups is 1. The molecule has 0 aromatic heterocycles. The first kappa shape index (κ1) is 16.2. The number of primary amides is 1. The Kier molecular flexibility index (Phi) is 5.16. The van der Waals surface area contributed by atoms with Gasteiger partial charge in [-0.05, 0) is 74.5 Å². The number of hydrazine groups is 1. The van der Waals surface area contributed by atoms with Crippen LogP contribution < -0.4 is 11.2 Å². The molecule has 0 unspecified atom stereocenters. The van der Waals surface area contributed by atoms with Gasteiger partial charge in [-0.1, -0.05) is 12.1 Å². The summed E-state index contributed by atoms with van der Waals surface area (Å²) in [7, 11) is 0. The molecule has 1 saturated carbocycles. The number of rotatable bonds is 4. The molecule has 23 heavy (non-hydrogen) atoms. The molecule has 1 atom stereocenters. The second-order valence-corrected chi connectivity index (χ2v) is 6.99. The molecule has 0 radical (unpaired) electrons. The minimum atomic E-state index is -0.457. The van der Waals surface area contributed by atoms with Crippen LogP contribution >= 0.6 is 0 Å². The average molecular weight is 319 g/mol. The highest BCUT2D eigenvalue weighted by Gasteiger charge is 2.34. The molecular formula is C18H26FN3O. The molecule has 2 fully saturated rings. The molecule has 1 aliphatic heterocycles. The quantitative estimate of drug-likeness (QED) is 0.895. The van der Waals surface area contributed by atoms with Gasteiger partial charge in [-0.2, -0.15) is 0 Å². The summed E-state index contributed by atoms with van der Waals surface area (Å²) in [6.07, 6.45) is 8.14. The van der Waals surface area contributed by atoms with Gasteiger partial charge in [0.05, 0.1) is 0 Å². The second kappa shape index (κ2) is 7.30. The zero-order chi connectivity index (χ0) is 16.2. The fourth-order valence-corrected chi connectivity index (χ4v) is 4.29. The fraction of sp³-hybridized carbons (Fsp3) is 0.611. The molecule has 0 bridgehead atoms. The van der Waals surface area contributed by atoms with E-state index in [-0.39, 0.29) is 5.82 Å². The van der Waals surface area contributed by atoms with Crippen LogP contribution in [0.1, 0.15) is 44.1 Å². The molecule has 5 heteroatoms. The van der Waals surface area contributed by atoms with E-state index in [0.29, 0.717) is 17.9 Å². The van der Waals surface area contributed by atoms with E-state index in [0.717, 1.165) is 25.8 Å². The van der Waals surface area contributed by atoms with Crippen molar-refractivity contribution in [3.8, 4) is 0 Å². The predicted molar refractivity (Wildman–Crippen MR) is 88.0 cm³/mol. The third-order valence-corrected chi connectivity index (χ3v) is 5.43. The van der Waals surface area contributed by atoms with Crippen LogP contribution in [0.3, 0.4) is 0 Å². The van der Waals surface area contributed by atoms with E-state index in [9.17, 15) is 9.18 Å². The fourth-order valence-electron chi connectivity index (χ4n) is 4.29. The molecule has 1 heterocycles. The van der Waals surface area contributed by atoms with Crippen molar-refractivity contribution in [2.45, 2.75) is 51.0 Å². The van der Waals surface area contributed by atoms with Crippen molar-refractivity contribution >= 4 is 6.03 Å². The molecular weight excluding hydrogens is 293 g/mol. The lowest BCUT2D eigenvalue weighted by Gasteiger charge is -2.36. The summed E-state index contributed by atoms with van der Waals surface area (Å²) in [4.78, 5) is 11.1. The van der Waals surface area contributed by atoms with Crippen molar-refractivity contribution < 1.29 is 9.18 Å². The Morgan fingerprint density at radius 2 is 1.87 bits per heavy atom. The van der Waals surface area contributed by atoms with E-state index in [1.807, 2.05) is 17.1 Å². The van der Waals surface area contributed by atoms with Crippen LogP contribution in [0.5, 0.6) is 0 Å². The lowest BCUT2D eigenvalue weighted by atomic mass is 9.76. The van der Waals surface area contributed by atoms with Gasteiger partial charge in [-0.25, -0.2) is 14.2 Å². The Morgan fingerprint density at radius 1 is 1.17 bits per heavy atom. The van der Waals surface area contributed by atoms with E-state index in [1.54, 1.807) is 12.1 Å². The first-order valence-corrected chi connectivity index (χ1v) is 8.69. The van der Waals surface area contributed by atoms with E-state index in [4.69, 9.17) is 5.73 Å². The van der Waals surface area contributed by atoms with Gasteiger partial charge in [0, 0.05) is 12.6 Å². The molecule has 3 rings (SSSR count). The normalized spacial score (nSPS) is 28.7. The smallest absolute Gasteiger partial charge is 0.326 e. The number of urea groups is 1. The zero-order valence-corrected chi connectivity index (χ0v) is 13.5. The first-order valence-electron chi connectivity index (χ1n) is 8.69. The van der Waals surface area contributed by atoms with Crippen molar-refractivity contribution in [2.24, 2.45) is 17.6 Å². The number of carbonyl (C=O) groups excluding carboxylic acids is 1. The van der Waals surface area contributed by atoms with Gasteiger partial charge >= 0.3 is 6.03 Å². The van der Waals surface area contributed by atoms with Crippen LogP contribution in [0.4, 0.5) is 9.18 Å². The molecule has 2 aliphatic rings. The summed E-state index contributed by atoms with van der Waals surface area (Å²) >= 11 is 0. The van der Waals surface area contributed by atoms with Crippen LogP contribution in [0.15, 0.2) is 24.3 Å². The maximum Gasteiger partial charge on any atom is 0.326 e. The Hall–Kier alpha value is -1.62. The Morgan fingerprint density at radius 3 is 2.52 bits per heavy atom. The maximum atomic E-state index is 13.0. The first-order chi connectivity index (χ1) is 11.1. The Labute approximate surface area is 137 Å². The number of hydrogen-bond acceptors (Lipinski definition) is 2. The van der Waals surface area contributed by atoms with Crippen molar-refractivity contribution in [1.29, 1.82) is 0 Å². The zero-order valence-electron chi connectivity index (χ0n) is 13.5. The lowest BCUT2D eigenvalue weighted by Crippen LogP contribution is -2.50. The third-order valence-electron chi connectivity index (χ3n) is 5.43. The lowest BCUT2D eigenvalue weighted by molar-refractivity contribution is 0.105. The molecule has 1 aromatic rings. The highest BCUT2D eigenvalue weighted by Crippen LogP contribution is 2.37. The van der Waals surface area contributed by atoms with Crippen molar-refractivity contribution in [3.05, 3.63) is 35.6 Å². The summed E-state index contributed by atoms with van der Waals surface area (Å²) < 4.78 is 13.0. The Balaban J connectivity index is 1.50. The molecule has 1 saturated heterocycles. The van der Waals surface area contributed by atoms with Crippen molar-refractivity contribution in [3.63, 3.8) is 0 Å². The molecule has 126 valence electrons. The average Bonchev–Trinajstić information content (AvgIpc) is 2.98. The topological polar surface area (TPSA) is 58.4 Å². The number of benzene rings is 1. The summed E-state index contributed by atoms with van der Waals surface area (Å²) in [5, 5.41) is 2.05. The summed E-state index contributed by atoms with van der Waals surface area (Å²) in [6.45, 7) is 0.906. The van der Waals surface area contributed by atoms with Crippen LogP contribution in [0.25, 0.3) is 0 Å². The number of amides is 2. The van der Waals surface area contributed by atoms with Gasteiger partial charge in [0.15, 0.2) is 0 Å². The molecule has 4 nitrogen and oxygen atoms in total. The number of nitrogens with zero attached hydrogens (tertiary/aromatic N) is 1. The molecule has 1 aliphatic carbocycles.